The van der Waals surface area contributed by atoms with E-state index in [0.717, 1.165) is 5.96 Å². The molecule has 4 fully saturated rings. The Morgan fingerprint density at radius 3 is 0.500 bits per heavy atom. The van der Waals surface area contributed by atoms with Gasteiger partial charge >= 0.3 is 0 Å². The van der Waals surface area contributed by atoms with Crippen molar-refractivity contribution in [1.82, 2.24) is 9.80 Å². The summed E-state index contributed by atoms with van der Waals surface area (Å²) in [5, 5.41) is 10.7. The largest absolute Gasteiger partial charge is 0.337 e. The Hall–Kier alpha value is -0.730. The highest BCUT2D eigenvalue weighted by molar-refractivity contribution is 5.78. The van der Waals surface area contributed by atoms with Crippen molar-refractivity contribution >= 4 is 5.96 Å². The molecular formula is C45H85N3. The first-order chi connectivity index (χ1) is 23.8. The van der Waals surface area contributed by atoms with E-state index in [2.05, 4.69) is 9.80 Å². The van der Waals surface area contributed by atoms with Gasteiger partial charge in [-0.3, -0.25) is 5.41 Å². The van der Waals surface area contributed by atoms with Crippen LogP contribution in [0.15, 0.2) is 0 Å². The van der Waals surface area contributed by atoms with Crippen molar-refractivity contribution in [3.63, 3.8) is 0 Å². The van der Waals surface area contributed by atoms with Gasteiger partial charge in [0.25, 0.3) is 0 Å². The van der Waals surface area contributed by atoms with Gasteiger partial charge in [-0.15, -0.1) is 0 Å². The van der Waals surface area contributed by atoms with E-state index < -0.39 is 0 Å². The summed E-state index contributed by atoms with van der Waals surface area (Å²) >= 11 is 0. The molecular weight excluding hydrogens is 583 g/mol. The third kappa shape index (κ3) is 15.7. The first kappa shape index (κ1) is 40.0. The molecule has 280 valence electrons. The molecule has 0 atom stereocenters. The second kappa shape index (κ2) is 26.1. The highest BCUT2D eigenvalue weighted by Crippen LogP contribution is 2.33. The van der Waals surface area contributed by atoms with Crippen molar-refractivity contribution < 1.29 is 0 Å². The van der Waals surface area contributed by atoms with Gasteiger partial charge in [0.2, 0.25) is 0 Å². The molecule has 0 radical (unpaired) electrons. The van der Waals surface area contributed by atoms with Gasteiger partial charge in [0, 0.05) is 24.2 Å². The zero-order valence-corrected chi connectivity index (χ0v) is 32.5. The molecule has 4 saturated carbocycles. The molecule has 0 heterocycles. The summed E-state index contributed by atoms with van der Waals surface area (Å²) in [4.78, 5) is 5.85. The van der Waals surface area contributed by atoms with Crippen LogP contribution in [-0.4, -0.2) is 39.9 Å². The van der Waals surface area contributed by atoms with Gasteiger partial charge in [0.05, 0.1) is 0 Å². The van der Waals surface area contributed by atoms with Crippen LogP contribution < -0.4 is 0 Å². The average Bonchev–Trinajstić information content (AvgIpc) is 3.27. The van der Waals surface area contributed by atoms with E-state index in [1.807, 2.05) is 0 Å². The van der Waals surface area contributed by atoms with E-state index in [0.29, 0.717) is 24.2 Å². The van der Waals surface area contributed by atoms with Crippen LogP contribution in [-0.2, 0) is 0 Å². The molecule has 3 heteroatoms. The molecule has 4 aliphatic rings. The predicted molar refractivity (Wildman–Crippen MR) is 211 cm³/mol. The maximum Gasteiger partial charge on any atom is 0.194 e. The molecule has 0 aromatic rings. The summed E-state index contributed by atoms with van der Waals surface area (Å²) < 4.78 is 0. The minimum atomic E-state index is 0.582. The van der Waals surface area contributed by atoms with Gasteiger partial charge in [-0.25, -0.2) is 0 Å². The lowest BCUT2D eigenvalue weighted by atomic mass is 9.92. The van der Waals surface area contributed by atoms with Crippen molar-refractivity contribution in [2.45, 2.75) is 281 Å². The number of guanidine groups is 1. The van der Waals surface area contributed by atoms with Crippen LogP contribution in [0.4, 0.5) is 0 Å². The molecule has 4 rings (SSSR count). The smallest absolute Gasteiger partial charge is 0.194 e. The molecule has 0 saturated heterocycles. The molecule has 48 heavy (non-hydrogen) atoms. The van der Waals surface area contributed by atoms with Crippen molar-refractivity contribution in [3.05, 3.63) is 0 Å². The Kier molecular flexibility index (Phi) is 21.8. The van der Waals surface area contributed by atoms with Crippen molar-refractivity contribution in [1.29, 1.82) is 5.41 Å². The van der Waals surface area contributed by atoms with Gasteiger partial charge in [-0.1, -0.05) is 205 Å². The molecule has 0 aliphatic heterocycles. The van der Waals surface area contributed by atoms with Gasteiger partial charge in [-0.05, 0) is 51.4 Å². The van der Waals surface area contributed by atoms with Crippen molar-refractivity contribution in [2.75, 3.05) is 0 Å². The predicted octanol–water partition coefficient (Wildman–Crippen LogP) is 14.7. The van der Waals surface area contributed by atoms with Crippen LogP contribution in [0.1, 0.15) is 257 Å². The van der Waals surface area contributed by atoms with E-state index in [1.54, 1.807) is 0 Å². The molecule has 4 aliphatic carbocycles. The average molecular weight is 668 g/mol. The summed E-state index contributed by atoms with van der Waals surface area (Å²) in [6.07, 6.45) is 56.1. The maximum absolute atomic E-state index is 10.7. The fourth-order valence-electron chi connectivity index (χ4n) is 10.4. The number of hydrogen-bond donors (Lipinski definition) is 1. The Labute approximate surface area is 301 Å². The van der Waals surface area contributed by atoms with E-state index in [4.69, 9.17) is 0 Å². The molecule has 0 aromatic carbocycles. The number of rotatable bonds is 4. The minimum absolute atomic E-state index is 0.582. The zero-order valence-electron chi connectivity index (χ0n) is 32.5. The second-order valence-corrected chi connectivity index (χ2v) is 17.4. The topological polar surface area (TPSA) is 30.3 Å². The standard InChI is InChI=1S/C45H85N3/c46-45(47(41-33-25-17-9-1-2-10-18-26-34-41)42-35-27-19-11-3-4-12-20-28-36-42)48(43-37-29-21-13-5-6-14-22-30-38-43)44-39-31-23-15-7-8-16-24-32-40-44/h41-44,46H,1-40H2. The Morgan fingerprint density at radius 1 is 0.229 bits per heavy atom. The van der Waals surface area contributed by atoms with Crippen LogP contribution in [0.25, 0.3) is 0 Å². The van der Waals surface area contributed by atoms with Crippen LogP contribution in [0.2, 0.25) is 0 Å². The quantitative estimate of drug-likeness (QED) is 0.239. The second-order valence-electron chi connectivity index (χ2n) is 17.4. The molecule has 0 spiro atoms. The van der Waals surface area contributed by atoms with Crippen molar-refractivity contribution in [3.8, 4) is 0 Å². The Bertz CT molecular complexity index is 614. The highest BCUT2D eigenvalue weighted by Gasteiger charge is 2.36. The van der Waals surface area contributed by atoms with E-state index in [-0.39, 0.29) is 0 Å². The highest BCUT2D eigenvalue weighted by atomic mass is 15.4. The Balaban J connectivity index is 1.69. The number of nitrogens with zero attached hydrogens (tertiary/aromatic N) is 2. The summed E-state index contributed by atoms with van der Waals surface area (Å²) in [6, 6.07) is 2.33. The molecule has 3 nitrogen and oxygen atoms in total. The SMILES string of the molecule is N=C(N(C1CCCCCCCCCC1)C1CCCCCCCCCC1)N(C1CCCCCCCCCC1)C1CCCCCCCCCC1. The van der Waals surface area contributed by atoms with Crippen LogP contribution in [0.5, 0.6) is 0 Å². The summed E-state index contributed by atoms with van der Waals surface area (Å²) in [5.74, 6) is 1.04. The van der Waals surface area contributed by atoms with Crippen LogP contribution >= 0.6 is 0 Å². The maximum atomic E-state index is 10.7. The van der Waals surface area contributed by atoms with Gasteiger partial charge in [0.15, 0.2) is 5.96 Å². The third-order valence-electron chi connectivity index (χ3n) is 13.4. The fraction of sp³-hybridized carbons (Fsp3) is 0.978. The third-order valence-corrected chi connectivity index (χ3v) is 13.4. The minimum Gasteiger partial charge on any atom is -0.337 e. The van der Waals surface area contributed by atoms with E-state index in [9.17, 15) is 5.41 Å². The van der Waals surface area contributed by atoms with E-state index >= 15 is 0 Å². The molecule has 0 amide bonds. The van der Waals surface area contributed by atoms with Gasteiger partial charge < -0.3 is 9.80 Å². The molecule has 0 bridgehead atoms. The molecule has 0 aromatic heterocycles. The summed E-state index contributed by atoms with van der Waals surface area (Å²) in [5.41, 5.74) is 0. The van der Waals surface area contributed by atoms with E-state index in [1.165, 1.54) is 257 Å². The monoisotopic (exact) mass is 668 g/mol. The van der Waals surface area contributed by atoms with Crippen LogP contribution in [0, 0.1) is 5.41 Å². The van der Waals surface area contributed by atoms with Gasteiger partial charge in [0.1, 0.15) is 0 Å². The normalized spacial score (nSPS) is 25.7. The summed E-state index contributed by atoms with van der Waals surface area (Å²) in [6.45, 7) is 0. The Morgan fingerprint density at radius 2 is 0.354 bits per heavy atom. The molecule has 1 N–H and O–H groups in total. The zero-order chi connectivity index (χ0) is 33.3. The van der Waals surface area contributed by atoms with Crippen molar-refractivity contribution in [2.24, 2.45) is 0 Å². The number of nitrogens with one attached hydrogen (secondary N) is 1. The van der Waals surface area contributed by atoms with Crippen LogP contribution in [0.3, 0.4) is 0 Å². The fourth-order valence-corrected chi connectivity index (χ4v) is 10.4. The molecule has 0 unspecified atom stereocenters. The summed E-state index contributed by atoms with van der Waals surface area (Å²) in [7, 11) is 0. The first-order valence-corrected chi connectivity index (χ1v) is 23.0. The van der Waals surface area contributed by atoms with Gasteiger partial charge in [-0.2, -0.15) is 0 Å². The lowest BCUT2D eigenvalue weighted by Gasteiger charge is -2.49. The first-order valence-electron chi connectivity index (χ1n) is 23.0. The number of hydrogen-bond acceptors (Lipinski definition) is 1. The lowest BCUT2D eigenvalue weighted by Crippen LogP contribution is -2.58. The lowest BCUT2D eigenvalue weighted by molar-refractivity contribution is 0.111.